The van der Waals surface area contributed by atoms with Crippen molar-refractivity contribution in [2.24, 2.45) is 0 Å². The summed E-state index contributed by atoms with van der Waals surface area (Å²) in [6.45, 7) is 5.71. The summed E-state index contributed by atoms with van der Waals surface area (Å²) in [4.78, 5) is 34.2. The van der Waals surface area contributed by atoms with Crippen molar-refractivity contribution in [1.82, 2.24) is 9.97 Å². The highest BCUT2D eigenvalue weighted by atomic mass is 16.5. The van der Waals surface area contributed by atoms with Crippen molar-refractivity contribution in [3.05, 3.63) is 48.3 Å². The van der Waals surface area contributed by atoms with Crippen molar-refractivity contribution in [3.63, 3.8) is 0 Å². The van der Waals surface area contributed by atoms with Crippen LogP contribution in [0.1, 0.15) is 38.7 Å². The third-order valence-electron chi connectivity index (χ3n) is 4.30. The number of esters is 1. The number of para-hydroxylation sites is 1. The lowest BCUT2D eigenvalue weighted by Crippen LogP contribution is -2.35. The Kier molecular flexibility index (Phi) is 7.28. The van der Waals surface area contributed by atoms with Crippen LogP contribution in [0.3, 0.4) is 0 Å². The molecular formula is C20H26N4O3. The first-order valence-corrected chi connectivity index (χ1v) is 8.99. The van der Waals surface area contributed by atoms with Gasteiger partial charge in [0.05, 0.1) is 0 Å². The molecule has 0 bridgehead atoms. The zero-order valence-electron chi connectivity index (χ0n) is 16.2. The Morgan fingerprint density at radius 3 is 2.48 bits per heavy atom. The Hall–Kier alpha value is -2.96. The van der Waals surface area contributed by atoms with E-state index in [4.69, 9.17) is 4.74 Å². The zero-order chi connectivity index (χ0) is 19.8. The minimum atomic E-state index is -0.910. The Morgan fingerprint density at radius 2 is 1.81 bits per heavy atom. The summed E-state index contributed by atoms with van der Waals surface area (Å²) >= 11 is 0. The molecule has 0 saturated heterocycles. The number of nitrogens with one attached hydrogen (secondary N) is 1. The van der Waals surface area contributed by atoms with Crippen LogP contribution in [0, 0.1) is 0 Å². The van der Waals surface area contributed by atoms with Crippen molar-refractivity contribution in [2.75, 3.05) is 23.8 Å². The minimum Gasteiger partial charge on any atom is -0.451 e. The zero-order valence-corrected chi connectivity index (χ0v) is 16.2. The van der Waals surface area contributed by atoms with Gasteiger partial charge in [0.15, 0.2) is 6.10 Å². The third-order valence-corrected chi connectivity index (χ3v) is 4.30. The first-order chi connectivity index (χ1) is 12.9. The number of carbonyl (C=O) groups is 2. The lowest BCUT2D eigenvalue weighted by molar-refractivity contribution is -0.151. The maximum absolute atomic E-state index is 12.4. The number of nitrogens with zero attached hydrogens (tertiary/aromatic N) is 3. The van der Waals surface area contributed by atoms with Crippen molar-refractivity contribution < 1.29 is 14.3 Å². The van der Waals surface area contributed by atoms with Gasteiger partial charge in [-0.25, -0.2) is 9.97 Å². The number of rotatable bonds is 8. The van der Waals surface area contributed by atoms with Crippen LogP contribution in [-0.2, 0) is 14.3 Å². The number of hydrogen-bond donors (Lipinski definition) is 1. The average molecular weight is 370 g/mol. The smallest absolute Gasteiger partial charge is 0.326 e. The number of aromatic nitrogens is 2. The average Bonchev–Trinajstić information content (AvgIpc) is 2.68. The van der Waals surface area contributed by atoms with E-state index in [0.717, 1.165) is 17.7 Å². The Morgan fingerprint density at radius 1 is 1.15 bits per heavy atom. The van der Waals surface area contributed by atoms with E-state index in [1.54, 1.807) is 37.3 Å². The predicted octanol–water partition coefficient (Wildman–Crippen LogP) is 3.00. The van der Waals surface area contributed by atoms with E-state index in [2.05, 4.69) is 29.1 Å². The van der Waals surface area contributed by atoms with Crippen molar-refractivity contribution in [3.8, 4) is 0 Å². The number of ether oxygens (including phenoxy) is 1. The van der Waals surface area contributed by atoms with E-state index in [1.165, 1.54) is 0 Å². The summed E-state index contributed by atoms with van der Waals surface area (Å²) < 4.78 is 5.25. The molecule has 7 heteroatoms. The van der Waals surface area contributed by atoms with Crippen LogP contribution in [0.5, 0.6) is 0 Å². The highest BCUT2D eigenvalue weighted by molar-refractivity contribution is 5.96. The molecule has 27 heavy (non-hydrogen) atoms. The molecule has 1 aromatic carbocycles. The van der Waals surface area contributed by atoms with Gasteiger partial charge in [-0.15, -0.1) is 0 Å². The summed E-state index contributed by atoms with van der Waals surface area (Å²) in [5.41, 5.74) is 1.81. The first kappa shape index (κ1) is 20.4. The van der Waals surface area contributed by atoms with Crippen LogP contribution in [0.2, 0.25) is 0 Å². The van der Waals surface area contributed by atoms with Crippen LogP contribution in [-0.4, -0.2) is 41.5 Å². The van der Waals surface area contributed by atoms with Gasteiger partial charge in [0.1, 0.15) is 6.54 Å². The molecule has 2 rings (SSSR count). The number of carbonyl (C=O) groups excluding carboxylic acids is 2. The molecule has 1 aromatic heterocycles. The molecule has 0 saturated carbocycles. The third kappa shape index (κ3) is 5.77. The van der Waals surface area contributed by atoms with Gasteiger partial charge in [0.2, 0.25) is 5.95 Å². The second-order valence-electron chi connectivity index (χ2n) is 6.42. The van der Waals surface area contributed by atoms with E-state index < -0.39 is 12.1 Å². The highest BCUT2D eigenvalue weighted by Gasteiger charge is 2.21. The SMILES string of the molecule is CCC(C)c1ccccc1NC(=O)C(C)OC(=O)CN(C)c1ncccn1. The number of anilines is 2. The predicted molar refractivity (Wildman–Crippen MR) is 105 cm³/mol. The van der Waals surface area contributed by atoms with E-state index in [-0.39, 0.29) is 12.5 Å². The summed E-state index contributed by atoms with van der Waals surface area (Å²) in [5.74, 6) is -0.159. The summed E-state index contributed by atoms with van der Waals surface area (Å²) in [5, 5.41) is 2.86. The van der Waals surface area contributed by atoms with Gasteiger partial charge in [-0.05, 0) is 37.0 Å². The molecule has 2 aromatic rings. The molecule has 0 aliphatic heterocycles. The topological polar surface area (TPSA) is 84.4 Å². The molecule has 0 aliphatic carbocycles. The molecule has 2 atom stereocenters. The van der Waals surface area contributed by atoms with Crippen LogP contribution >= 0.6 is 0 Å². The summed E-state index contributed by atoms with van der Waals surface area (Å²) in [7, 11) is 1.68. The second kappa shape index (κ2) is 9.66. The number of likely N-dealkylation sites (N-methyl/N-ethyl adjacent to an activating group) is 1. The van der Waals surface area contributed by atoms with Crippen LogP contribution < -0.4 is 10.2 Å². The molecule has 0 spiro atoms. The lowest BCUT2D eigenvalue weighted by atomic mass is 9.97. The van der Waals surface area contributed by atoms with Crippen molar-refractivity contribution in [2.45, 2.75) is 39.2 Å². The van der Waals surface area contributed by atoms with E-state index in [1.807, 2.05) is 24.3 Å². The maximum Gasteiger partial charge on any atom is 0.326 e. The quantitative estimate of drug-likeness (QED) is 0.719. The molecule has 0 radical (unpaired) electrons. The molecule has 1 amide bonds. The Bertz CT molecular complexity index is 767. The second-order valence-corrected chi connectivity index (χ2v) is 6.42. The molecule has 1 N–H and O–H groups in total. The number of hydrogen-bond acceptors (Lipinski definition) is 6. The van der Waals surface area contributed by atoms with E-state index in [0.29, 0.717) is 11.9 Å². The normalized spacial score (nSPS) is 12.7. The van der Waals surface area contributed by atoms with Gasteiger partial charge in [0.25, 0.3) is 5.91 Å². The number of benzene rings is 1. The van der Waals surface area contributed by atoms with Gasteiger partial charge in [-0.3, -0.25) is 9.59 Å². The van der Waals surface area contributed by atoms with Gasteiger partial charge in [-0.2, -0.15) is 0 Å². The molecule has 0 fully saturated rings. The lowest BCUT2D eigenvalue weighted by Gasteiger charge is -2.19. The maximum atomic E-state index is 12.4. The summed E-state index contributed by atoms with van der Waals surface area (Å²) in [6.07, 6.45) is 3.24. The fourth-order valence-electron chi connectivity index (χ4n) is 2.54. The highest BCUT2D eigenvalue weighted by Crippen LogP contribution is 2.26. The van der Waals surface area contributed by atoms with Crippen molar-refractivity contribution in [1.29, 1.82) is 0 Å². The standard InChI is InChI=1S/C20H26N4O3/c1-5-14(2)16-9-6-7-10-17(16)23-19(26)15(3)27-18(25)13-24(4)20-21-11-8-12-22-20/h6-12,14-15H,5,13H2,1-4H3,(H,23,26). The van der Waals surface area contributed by atoms with Crippen LogP contribution in [0.4, 0.5) is 11.6 Å². The van der Waals surface area contributed by atoms with Crippen LogP contribution in [0.15, 0.2) is 42.7 Å². The first-order valence-electron chi connectivity index (χ1n) is 8.99. The molecule has 7 nitrogen and oxygen atoms in total. The summed E-state index contributed by atoms with van der Waals surface area (Å²) in [6, 6.07) is 9.36. The fourth-order valence-corrected chi connectivity index (χ4v) is 2.54. The molecule has 1 heterocycles. The molecular weight excluding hydrogens is 344 g/mol. The van der Waals surface area contributed by atoms with Gasteiger partial charge >= 0.3 is 5.97 Å². The largest absolute Gasteiger partial charge is 0.451 e. The van der Waals surface area contributed by atoms with Gasteiger partial charge < -0.3 is 15.0 Å². The molecule has 0 aliphatic rings. The number of amides is 1. The Balaban J connectivity index is 1.93. The van der Waals surface area contributed by atoms with Gasteiger partial charge in [-0.1, -0.05) is 32.0 Å². The monoisotopic (exact) mass is 370 g/mol. The van der Waals surface area contributed by atoms with Gasteiger partial charge in [0, 0.05) is 25.1 Å². The minimum absolute atomic E-state index is 0.0505. The van der Waals surface area contributed by atoms with Crippen LogP contribution in [0.25, 0.3) is 0 Å². The van der Waals surface area contributed by atoms with E-state index in [9.17, 15) is 9.59 Å². The fraction of sp³-hybridized carbons (Fsp3) is 0.400. The molecule has 2 unspecified atom stereocenters. The van der Waals surface area contributed by atoms with E-state index >= 15 is 0 Å². The molecule has 144 valence electrons. The Labute approximate surface area is 159 Å². The van der Waals surface area contributed by atoms with Crippen molar-refractivity contribution >= 4 is 23.5 Å².